The zero-order chi connectivity index (χ0) is 21.3. The highest BCUT2D eigenvalue weighted by Crippen LogP contribution is 2.31. The molecule has 0 amide bonds. The van der Waals surface area contributed by atoms with E-state index in [-0.39, 0.29) is 0 Å². The van der Waals surface area contributed by atoms with Gasteiger partial charge in [-0.15, -0.1) is 0 Å². The summed E-state index contributed by atoms with van der Waals surface area (Å²) < 4.78 is 1.92. The second-order valence-corrected chi connectivity index (χ2v) is 9.05. The lowest BCUT2D eigenvalue weighted by Gasteiger charge is -2.34. The van der Waals surface area contributed by atoms with Crippen LogP contribution in [0.1, 0.15) is 54.7 Å². The van der Waals surface area contributed by atoms with E-state index in [1.54, 1.807) is 0 Å². The molecule has 4 nitrogen and oxygen atoms in total. The fourth-order valence-corrected chi connectivity index (χ4v) is 4.96. The first kappa shape index (κ1) is 21.0. The lowest BCUT2D eigenvalue weighted by Crippen LogP contribution is -2.40. The molecule has 1 aliphatic rings. The predicted molar refractivity (Wildman–Crippen MR) is 122 cm³/mol. The van der Waals surface area contributed by atoms with Gasteiger partial charge in [-0.1, -0.05) is 68.6 Å². The normalized spacial score (nSPS) is 21.8. The standard InChI is InChI=1S/C25H29ClN2O2/c1-16-6-5-8-22(17(16)2)27-14-21-20-7-3-4-9-23(20)28(24(21)25(29)30)15-18-10-12-19(26)13-11-18/h3-4,7,9-13,16-17,22,27H,5-6,8,14-15H2,1-2H3,(H,29,30)/t16-,17+,22+/m1/s1. The predicted octanol–water partition coefficient (Wildman–Crippen LogP) is 5.96. The second kappa shape index (κ2) is 8.83. The molecule has 1 saturated carbocycles. The fourth-order valence-electron chi connectivity index (χ4n) is 4.84. The highest BCUT2D eigenvalue weighted by molar-refractivity contribution is 6.30. The van der Waals surface area contributed by atoms with Crippen molar-refractivity contribution >= 4 is 28.5 Å². The largest absolute Gasteiger partial charge is 0.477 e. The number of carbonyl (C=O) groups is 1. The number of hydrogen-bond donors (Lipinski definition) is 2. The molecule has 3 aromatic rings. The molecule has 0 bridgehead atoms. The minimum absolute atomic E-state index is 0.371. The van der Waals surface area contributed by atoms with Gasteiger partial charge in [0.2, 0.25) is 0 Å². The fraction of sp³-hybridized carbons (Fsp3) is 0.400. The number of halogens is 1. The third kappa shape index (κ3) is 4.12. The number of rotatable bonds is 6. The summed E-state index contributed by atoms with van der Waals surface area (Å²) in [5, 5.41) is 15.5. The van der Waals surface area contributed by atoms with Crippen molar-refractivity contribution in [2.45, 2.75) is 52.2 Å². The van der Waals surface area contributed by atoms with Crippen LogP contribution in [0.25, 0.3) is 10.9 Å². The van der Waals surface area contributed by atoms with E-state index in [9.17, 15) is 9.90 Å². The summed E-state index contributed by atoms with van der Waals surface area (Å²) in [4.78, 5) is 12.4. The number of carboxylic acids is 1. The van der Waals surface area contributed by atoms with Crippen molar-refractivity contribution < 1.29 is 9.90 Å². The summed E-state index contributed by atoms with van der Waals surface area (Å²) in [7, 11) is 0. The van der Waals surface area contributed by atoms with Crippen LogP contribution >= 0.6 is 11.6 Å². The lowest BCUT2D eigenvalue weighted by molar-refractivity contribution is 0.0684. The number of fused-ring (bicyclic) bond motifs is 1. The highest BCUT2D eigenvalue weighted by Gasteiger charge is 2.28. The summed E-state index contributed by atoms with van der Waals surface area (Å²) in [6.07, 6.45) is 3.66. The van der Waals surface area contributed by atoms with Crippen LogP contribution in [0.5, 0.6) is 0 Å². The molecule has 4 rings (SSSR count). The van der Waals surface area contributed by atoms with E-state index in [1.807, 2.05) is 53.1 Å². The number of nitrogens with zero attached hydrogens (tertiary/aromatic N) is 1. The van der Waals surface area contributed by atoms with Gasteiger partial charge in [0.15, 0.2) is 0 Å². The first-order valence-electron chi connectivity index (χ1n) is 10.8. The molecule has 1 aliphatic carbocycles. The van der Waals surface area contributed by atoms with E-state index in [0.29, 0.717) is 41.7 Å². The van der Waals surface area contributed by atoms with Crippen molar-refractivity contribution in [3.63, 3.8) is 0 Å². The summed E-state index contributed by atoms with van der Waals surface area (Å²) >= 11 is 6.02. The van der Waals surface area contributed by atoms with Crippen LogP contribution in [0.4, 0.5) is 0 Å². The third-order valence-electron chi connectivity index (χ3n) is 6.78. The molecule has 0 saturated heterocycles. The minimum atomic E-state index is -0.887. The maximum absolute atomic E-state index is 12.4. The van der Waals surface area contributed by atoms with E-state index < -0.39 is 5.97 Å². The number of hydrogen-bond acceptors (Lipinski definition) is 2. The van der Waals surface area contributed by atoms with Crippen molar-refractivity contribution in [3.8, 4) is 0 Å². The maximum atomic E-state index is 12.4. The molecular formula is C25H29ClN2O2. The Bertz CT molecular complexity index is 1040. The molecule has 1 aromatic heterocycles. The number of aromatic nitrogens is 1. The van der Waals surface area contributed by atoms with Crippen molar-refractivity contribution in [2.24, 2.45) is 11.8 Å². The Hall–Kier alpha value is -2.30. The average Bonchev–Trinajstić information content (AvgIpc) is 3.04. The van der Waals surface area contributed by atoms with Crippen LogP contribution in [-0.2, 0) is 13.1 Å². The van der Waals surface area contributed by atoms with E-state index in [0.717, 1.165) is 28.5 Å². The third-order valence-corrected chi connectivity index (χ3v) is 7.03. The summed E-state index contributed by atoms with van der Waals surface area (Å²) in [5.74, 6) is 0.401. The molecule has 158 valence electrons. The number of nitrogens with one attached hydrogen (secondary N) is 1. The molecule has 3 atom stereocenters. The SMILES string of the molecule is C[C@H]1[C@H](C)CCC[C@@H]1NCc1c(C(=O)O)n(Cc2ccc(Cl)cc2)c2ccccc12. The van der Waals surface area contributed by atoms with Crippen LogP contribution in [0.3, 0.4) is 0 Å². The van der Waals surface area contributed by atoms with E-state index in [2.05, 4.69) is 19.2 Å². The Morgan fingerprint density at radius 2 is 1.87 bits per heavy atom. The molecule has 1 fully saturated rings. The Kier molecular flexibility index (Phi) is 6.16. The molecule has 0 spiro atoms. The first-order valence-corrected chi connectivity index (χ1v) is 11.1. The van der Waals surface area contributed by atoms with Gasteiger partial charge in [0.25, 0.3) is 0 Å². The number of aromatic carboxylic acids is 1. The van der Waals surface area contributed by atoms with Crippen molar-refractivity contribution in [3.05, 3.63) is 70.4 Å². The quantitative estimate of drug-likeness (QED) is 0.513. The molecule has 5 heteroatoms. The molecule has 2 N–H and O–H groups in total. The summed E-state index contributed by atoms with van der Waals surface area (Å²) in [5.41, 5.74) is 3.22. The van der Waals surface area contributed by atoms with E-state index in [4.69, 9.17) is 11.6 Å². The van der Waals surface area contributed by atoms with Crippen LogP contribution in [0.15, 0.2) is 48.5 Å². The van der Waals surface area contributed by atoms with Crippen LogP contribution in [-0.4, -0.2) is 21.7 Å². The monoisotopic (exact) mass is 424 g/mol. The Morgan fingerprint density at radius 3 is 2.60 bits per heavy atom. The maximum Gasteiger partial charge on any atom is 0.352 e. The molecule has 30 heavy (non-hydrogen) atoms. The Balaban J connectivity index is 1.71. The topological polar surface area (TPSA) is 54.3 Å². The van der Waals surface area contributed by atoms with Crippen LogP contribution in [0.2, 0.25) is 5.02 Å². The second-order valence-electron chi connectivity index (χ2n) is 8.62. The molecular weight excluding hydrogens is 396 g/mol. The zero-order valence-corrected chi connectivity index (χ0v) is 18.3. The lowest BCUT2D eigenvalue weighted by atomic mass is 9.78. The van der Waals surface area contributed by atoms with Gasteiger partial charge in [-0.2, -0.15) is 0 Å². The number of benzene rings is 2. The summed E-state index contributed by atoms with van der Waals surface area (Å²) in [6, 6.07) is 16.0. The van der Waals surface area contributed by atoms with Gasteiger partial charge in [-0.25, -0.2) is 4.79 Å². The number of para-hydroxylation sites is 1. The van der Waals surface area contributed by atoms with Crippen molar-refractivity contribution in [1.82, 2.24) is 9.88 Å². The van der Waals surface area contributed by atoms with Gasteiger partial charge in [0.05, 0.1) is 0 Å². The number of carboxylic acid groups (broad SMARTS) is 1. The van der Waals surface area contributed by atoms with Gasteiger partial charge in [0, 0.05) is 40.6 Å². The Morgan fingerprint density at radius 1 is 1.13 bits per heavy atom. The molecule has 0 radical (unpaired) electrons. The van der Waals surface area contributed by atoms with Crippen molar-refractivity contribution in [2.75, 3.05) is 0 Å². The molecule has 0 unspecified atom stereocenters. The van der Waals surface area contributed by atoms with Crippen LogP contribution in [0, 0.1) is 11.8 Å². The smallest absolute Gasteiger partial charge is 0.352 e. The van der Waals surface area contributed by atoms with E-state index >= 15 is 0 Å². The summed E-state index contributed by atoms with van der Waals surface area (Å²) in [6.45, 7) is 5.69. The van der Waals surface area contributed by atoms with Gasteiger partial charge >= 0.3 is 5.97 Å². The van der Waals surface area contributed by atoms with Gasteiger partial charge in [-0.3, -0.25) is 0 Å². The van der Waals surface area contributed by atoms with Crippen molar-refractivity contribution in [1.29, 1.82) is 0 Å². The van der Waals surface area contributed by atoms with Crippen LogP contribution < -0.4 is 5.32 Å². The van der Waals surface area contributed by atoms with Gasteiger partial charge < -0.3 is 15.0 Å². The molecule has 2 aromatic carbocycles. The minimum Gasteiger partial charge on any atom is -0.477 e. The zero-order valence-electron chi connectivity index (χ0n) is 17.6. The highest BCUT2D eigenvalue weighted by atomic mass is 35.5. The van der Waals surface area contributed by atoms with Gasteiger partial charge in [-0.05, 0) is 42.0 Å². The Labute approximate surface area is 182 Å². The van der Waals surface area contributed by atoms with E-state index in [1.165, 1.54) is 12.8 Å². The molecule has 1 heterocycles. The average molecular weight is 425 g/mol. The molecule has 0 aliphatic heterocycles. The van der Waals surface area contributed by atoms with Gasteiger partial charge in [0.1, 0.15) is 5.69 Å². The first-order chi connectivity index (χ1) is 14.5.